The van der Waals surface area contributed by atoms with Gasteiger partial charge in [-0.1, -0.05) is 24.3 Å². The maximum absolute atomic E-state index is 11.9. The Bertz CT molecular complexity index is 841. The molecule has 2 rings (SSSR count). The first-order chi connectivity index (χ1) is 13.5. The quantitative estimate of drug-likeness (QED) is 0.627. The molecule has 0 saturated heterocycles. The van der Waals surface area contributed by atoms with Crippen LogP contribution < -0.4 is 15.4 Å². The van der Waals surface area contributed by atoms with Crippen LogP contribution in [-0.4, -0.2) is 43.0 Å². The molecule has 0 spiro atoms. The van der Waals surface area contributed by atoms with Gasteiger partial charge in [0.15, 0.2) is 6.61 Å². The molecular formula is C20H22N2O5S. The Morgan fingerprint density at radius 3 is 2.50 bits per heavy atom. The summed E-state index contributed by atoms with van der Waals surface area (Å²) in [6.07, 6.45) is 0. The van der Waals surface area contributed by atoms with E-state index in [0.717, 1.165) is 17.3 Å². The second-order valence-electron chi connectivity index (χ2n) is 5.82. The van der Waals surface area contributed by atoms with Gasteiger partial charge in [-0.3, -0.25) is 14.4 Å². The van der Waals surface area contributed by atoms with Gasteiger partial charge in [0.2, 0.25) is 5.91 Å². The first kappa shape index (κ1) is 21.3. The molecule has 0 aromatic heterocycles. The molecule has 2 aromatic carbocycles. The number of nitrogens with one attached hydrogen (secondary N) is 2. The number of amides is 2. The van der Waals surface area contributed by atoms with Gasteiger partial charge in [0.25, 0.3) is 5.91 Å². The van der Waals surface area contributed by atoms with E-state index in [1.165, 1.54) is 7.11 Å². The van der Waals surface area contributed by atoms with Crippen molar-refractivity contribution in [2.45, 2.75) is 6.92 Å². The van der Waals surface area contributed by atoms with Crippen molar-refractivity contribution in [2.75, 3.05) is 35.9 Å². The van der Waals surface area contributed by atoms with Crippen LogP contribution in [0.15, 0.2) is 48.5 Å². The summed E-state index contributed by atoms with van der Waals surface area (Å²) < 4.78 is 10.1. The number of esters is 1. The molecule has 0 unspecified atom stereocenters. The summed E-state index contributed by atoms with van der Waals surface area (Å²) in [6.45, 7) is 1.53. The molecule has 0 radical (unpaired) electrons. The van der Waals surface area contributed by atoms with Crippen LogP contribution in [0, 0.1) is 6.92 Å². The second kappa shape index (κ2) is 11.0. The summed E-state index contributed by atoms with van der Waals surface area (Å²) >= 11 is 1.12. The van der Waals surface area contributed by atoms with E-state index in [0.29, 0.717) is 17.1 Å². The van der Waals surface area contributed by atoms with Crippen molar-refractivity contribution in [2.24, 2.45) is 0 Å². The summed E-state index contributed by atoms with van der Waals surface area (Å²) in [4.78, 5) is 35.5. The van der Waals surface area contributed by atoms with Crippen molar-refractivity contribution in [3.63, 3.8) is 0 Å². The Morgan fingerprint density at radius 2 is 1.75 bits per heavy atom. The van der Waals surface area contributed by atoms with Gasteiger partial charge in [0.05, 0.1) is 24.3 Å². The minimum Gasteiger partial charge on any atom is -0.495 e. The average molecular weight is 402 g/mol. The fourth-order valence-electron chi connectivity index (χ4n) is 2.27. The number of thioether (sulfide) groups is 1. The molecule has 2 N–H and O–H groups in total. The number of para-hydroxylation sites is 2. The van der Waals surface area contributed by atoms with Crippen molar-refractivity contribution < 1.29 is 23.9 Å². The predicted molar refractivity (Wildman–Crippen MR) is 110 cm³/mol. The molecule has 0 heterocycles. The molecule has 0 saturated carbocycles. The SMILES string of the molecule is COc1ccccc1NC(=O)COC(=O)CSCC(=O)Nc1cccc(C)c1. The van der Waals surface area contributed by atoms with E-state index in [1.807, 2.05) is 25.1 Å². The summed E-state index contributed by atoms with van der Waals surface area (Å²) in [5.41, 5.74) is 2.25. The third kappa shape index (κ3) is 7.32. The zero-order valence-electron chi connectivity index (χ0n) is 15.7. The summed E-state index contributed by atoms with van der Waals surface area (Å²) in [5.74, 6) is -0.655. The first-order valence-corrected chi connectivity index (χ1v) is 9.66. The number of anilines is 2. The second-order valence-corrected chi connectivity index (χ2v) is 6.81. The Labute approximate surface area is 167 Å². The number of carbonyl (C=O) groups excluding carboxylic acids is 3. The summed E-state index contributed by atoms with van der Waals surface area (Å²) in [6, 6.07) is 14.4. The number of carbonyl (C=O) groups is 3. The van der Waals surface area contributed by atoms with Crippen molar-refractivity contribution in [3.05, 3.63) is 54.1 Å². The van der Waals surface area contributed by atoms with E-state index in [-0.39, 0.29) is 17.4 Å². The number of methoxy groups -OCH3 is 1. The van der Waals surface area contributed by atoms with E-state index in [1.54, 1.807) is 30.3 Å². The number of ether oxygens (including phenoxy) is 2. The van der Waals surface area contributed by atoms with Crippen molar-refractivity contribution in [1.82, 2.24) is 0 Å². The van der Waals surface area contributed by atoms with E-state index >= 15 is 0 Å². The summed E-state index contributed by atoms with van der Waals surface area (Å²) in [7, 11) is 1.50. The monoisotopic (exact) mass is 402 g/mol. The van der Waals surface area contributed by atoms with Crippen LogP contribution in [0.25, 0.3) is 0 Å². The number of rotatable bonds is 9. The lowest BCUT2D eigenvalue weighted by Crippen LogP contribution is -2.22. The van der Waals surface area contributed by atoms with Crippen molar-refractivity contribution in [3.8, 4) is 5.75 Å². The van der Waals surface area contributed by atoms with Crippen molar-refractivity contribution >= 4 is 40.9 Å². The lowest BCUT2D eigenvalue weighted by Gasteiger charge is -2.10. The molecule has 0 bridgehead atoms. The third-order valence-corrected chi connectivity index (χ3v) is 4.41. The predicted octanol–water partition coefficient (Wildman–Crippen LogP) is 2.86. The highest BCUT2D eigenvalue weighted by Gasteiger charge is 2.11. The first-order valence-electron chi connectivity index (χ1n) is 8.50. The molecule has 0 fully saturated rings. The van der Waals surface area contributed by atoms with E-state index < -0.39 is 18.5 Å². The number of hydrogen-bond acceptors (Lipinski definition) is 6. The smallest absolute Gasteiger partial charge is 0.316 e. The molecule has 148 valence electrons. The van der Waals surface area contributed by atoms with Crippen LogP contribution in [0.5, 0.6) is 5.75 Å². The molecule has 28 heavy (non-hydrogen) atoms. The van der Waals surface area contributed by atoms with Crippen LogP contribution in [0.2, 0.25) is 0 Å². The normalized spacial score (nSPS) is 10.1. The van der Waals surface area contributed by atoms with Crippen LogP contribution in [0.1, 0.15) is 5.56 Å². The largest absolute Gasteiger partial charge is 0.495 e. The van der Waals surface area contributed by atoms with Crippen LogP contribution in [0.4, 0.5) is 11.4 Å². The van der Waals surface area contributed by atoms with Gasteiger partial charge >= 0.3 is 5.97 Å². The topological polar surface area (TPSA) is 93.7 Å². The van der Waals surface area contributed by atoms with Crippen LogP contribution >= 0.6 is 11.8 Å². The third-order valence-electron chi connectivity index (χ3n) is 3.50. The van der Waals surface area contributed by atoms with Gasteiger partial charge in [-0.2, -0.15) is 0 Å². The molecular weight excluding hydrogens is 380 g/mol. The maximum Gasteiger partial charge on any atom is 0.316 e. The van der Waals surface area contributed by atoms with Gasteiger partial charge in [0, 0.05) is 5.69 Å². The Morgan fingerprint density at radius 1 is 0.964 bits per heavy atom. The average Bonchev–Trinajstić information content (AvgIpc) is 2.67. The minimum atomic E-state index is -0.566. The highest BCUT2D eigenvalue weighted by Crippen LogP contribution is 2.22. The van der Waals surface area contributed by atoms with Crippen molar-refractivity contribution in [1.29, 1.82) is 0 Å². The Kier molecular flexibility index (Phi) is 8.36. The van der Waals surface area contributed by atoms with E-state index in [4.69, 9.17) is 9.47 Å². The lowest BCUT2D eigenvalue weighted by atomic mass is 10.2. The van der Waals surface area contributed by atoms with Gasteiger partial charge in [-0.15, -0.1) is 11.8 Å². The number of hydrogen-bond donors (Lipinski definition) is 2. The number of aryl methyl sites for hydroxylation is 1. The molecule has 2 amide bonds. The Balaban J connectivity index is 1.65. The maximum atomic E-state index is 11.9. The van der Waals surface area contributed by atoms with Gasteiger partial charge in [-0.25, -0.2) is 0 Å². The lowest BCUT2D eigenvalue weighted by molar-refractivity contribution is -0.144. The highest BCUT2D eigenvalue weighted by atomic mass is 32.2. The fourth-order valence-corrected chi connectivity index (χ4v) is 2.88. The molecule has 2 aromatic rings. The number of benzene rings is 2. The van der Waals surface area contributed by atoms with E-state index in [2.05, 4.69) is 10.6 Å². The molecule has 0 aliphatic carbocycles. The van der Waals surface area contributed by atoms with Gasteiger partial charge in [-0.05, 0) is 36.8 Å². The summed E-state index contributed by atoms with van der Waals surface area (Å²) in [5, 5.41) is 5.37. The Hall–Kier alpha value is -3.00. The van der Waals surface area contributed by atoms with E-state index in [9.17, 15) is 14.4 Å². The molecule has 8 heteroatoms. The van der Waals surface area contributed by atoms with Crippen LogP contribution in [0.3, 0.4) is 0 Å². The molecule has 0 aliphatic heterocycles. The zero-order chi connectivity index (χ0) is 20.4. The molecule has 0 aliphatic rings. The zero-order valence-corrected chi connectivity index (χ0v) is 16.5. The van der Waals surface area contributed by atoms with Gasteiger partial charge in [0.1, 0.15) is 5.75 Å². The van der Waals surface area contributed by atoms with Gasteiger partial charge < -0.3 is 20.1 Å². The molecule has 0 atom stereocenters. The van der Waals surface area contributed by atoms with Crippen LogP contribution in [-0.2, 0) is 19.1 Å². The fraction of sp³-hybridized carbons (Fsp3) is 0.250. The standard InChI is InChI=1S/C20H22N2O5S/c1-14-6-5-7-15(10-14)21-19(24)12-28-13-20(25)27-11-18(23)22-16-8-3-4-9-17(16)26-2/h3-10H,11-13H2,1-2H3,(H,21,24)(H,22,23). The minimum absolute atomic E-state index is 0.0246. The highest BCUT2D eigenvalue weighted by molar-refractivity contribution is 8.00. The molecule has 7 nitrogen and oxygen atoms in total.